The van der Waals surface area contributed by atoms with E-state index in [9.17, 15) is 0 Å². The van der Waals surface area contributed by atoms with Crippen molar-refractivity contribution in [2.45, 2.75) is 18.2 Å². The monoisotopic (exact) mass is 302 g/mol. The minimum absolute atomic E-state index is 0.718. The van der Waals surface area contributed by atoms with Crippen molar-refractivity contribution >= 4 is 15.9 Å². The second-order valence-electron chi connectivity index (χ2n) is 3.66. The van der Waals surface area contributed by atoms with E-state index in [4.69, 9.17) is 14.2 Å². The van der Waals surface area contributed by atoms with Gasteiger partial charge in [-0.3, -0.25) is 0 Å². The van der Waals surface area contributed by atoms with E-state index in [0.717, 1.165) is 48.4 Å². The number of ether oxygens (including phenoxy) is 3. The molecule has 3 nitrogen and oxygen atoms in total. The summed E-state index contributed by atoms with van der Waals surface area (Å²) in [7, 11) is 3.38. The lowest BCUT2D eigenvalue weighted by Crippen LogP contribution is -2.01. The molecule has 0 unspecified atom stereocenters. The fourth-order valence-electron chi connectivity index (χ4n) is 1.46. The molecule has 0 bridgehead atoms. The average Bonchev–Trinajstić information content (AvgIpc) is 2.38. The van der Waals surface area contributed by atoms with Gasteiger partial charge in [0.15, 0.2) is 0 Å². The molecule has 1 rings (SSSR count). The Kier molecular flexibility index (Phi) is 7.05. The van der Waals surface area contributed by atoms with Gasteiger partial charge in [0.05, 0.1) is 13.7 Å². The largest absolute Gasteiger partial charge is 0.497 e. The van der Waals surface area contributed by atoms with Gasteiger partial charge in [-0.25, -0.2) is 0 Å². The maximum atomic E-state index is 5.73. The molecule has 0 atom stereocenters. The molecule has 0 aliphatic rings. The summed E-state index contributed by atoms with van der Waals surface area (Å²) in [5.74, 6) is 1.77. The molecule has 0 aromatic heterocycles. The van der Waals surface area contributed by atoms with Crippen molar-refractivity contribution in [1.29, 1.82) is 0 Å². The standard InChI is InChI=1S/C13H19BrO3/c1-15-7-3-4-8-17-13-6-5-12(16-2)9-11(13)10-14/h5-6,9H,3-4,7-8,10H2,1-2H3. The lowest BCUT2D eigenvalue weighted by atomic mass is 10.2. The van der Waals surface area contributed by atoms with Crippen LogP contribution in [0.4, 0.5) is 0 Å². The molecule has 4 heteroatoms. The van der Waals surface area contributed by atoms with Crippen LogP contribution in [0.5, 0.6) is 11.5 Å². The van der Waals surface area contributed by atoms with Gasteiger partial charge in [0, 0.05) is 24.6 Å². The Balaban J connectivity index is 2.46. The molecule has 96 valence electrons. The maximum Gasteiger partial charge on any atom is 0.123 e. The summed E-state index contributed by atoms with van der Waals surface area (Å²) in [4.78, 5) is 0. The van der Waals surface area contributed by atoms with E-state index in [1.807, 2.05) is 18.2 Å². The summed E-state index contributed by atoms with van der Waals surface area (Å²) in [5, 5.41) is 0.762. The van der Waals surface area contributed by atoms with E-state index < -0.39 is 0 Å². The van der Waals surface area contributed by atoms with Crippen LogP contribution in [0.2, 0.25) is 0 Å². The van der Waals surface area contributed by atoms with Crippen molar-refractivity contribution < 1.29 is 14.2 Å². The smallest absolute Gasteiger partial charge is 0.123 e. The van der Waals surface area contributed by atoms with Crippen molar-refractivity contribution in [3.05, 3.63) is 23.8 Å². The number of hydrogen-bond donors (Lipinski definition) is 0. The molecule has 0 amide bonds. The SMILES string of the molecule is COCCCCOc1ccc(OC)cc1CBr. The first-order valence-electron chi connectivity index (χ1n) is 5.66. The number of unbranched alkanes of at least 4 members (excludes halogenated alkanes) is 1. The Bertz CT molecular complexity index is 328. The molecule has 0 spiro atoms. The third-order valence-corrected chi connectivity index (χ3v) is 3.02. The summed E-state index contributed by atoms with van der Waals surface area (Å²) in [6.45, 7) is 1.51. The van der Waals surface area contributed by atoms with Crippen molar-refractivity contribution in [2.24, 2.45) is 0 Å². The first-order chi connectivity index (χ1) is 8.31. The molecule has 0 heterocycles. The lowest BCUT2D eigenvalue weighted by molar-refractivity contribution is 0.184. The molecule has 0 aliphatic heterocycles. The van der Waals surface area contributed by atoms with Gasteiger partial charge >= 0.3 is 0 Å². The molecule has 0 N–H and O–H groups in total. The third-order valence-electron chi connectivity index (χ3n) is 2.41. The van der Waals surface area contributed by atoms with E-state index in [1.54, 1.807) is 14.2 Å². The molecule has 17 heavy (non-hydrogen) atoms. The number of benzene rings is 1. The van der Waals surface area contributed by atoms with E-state index in [1.165, 1.54) is 0 Å². The van der Waals surface area contributed by atoms with Gasteiger partial charge in [0.1, 0.15) is 11.5 Å². The lowest BCUT2D eigenvalue weighted by Gasteiger charge is -2.11. The fraction of sp³-hybridized carbons (Fsp3) is 0.538. The Hall–Kier alpha value is -0.740. The number of methoxy groups -OCH3 is 2. The van der Waals surface area contributed by atoms with E-state index in [2.05, 4.69) is 15.9 Å². The van der Waals surface area contributed by atoms with Gasteiger partial charge in [0.25, 0.3) is 0 Å². The zero-order chi connectivity index (χ0) is 12.5. The molecule has 0 aliphatic carbocycles. The molecule has 0 saturated heterocycles. The third kappa shape index (κ3) is 4.96. The van der Waals surface area contributed by atoms with Crippen LogP contribution in [0.25, 0.3) is 0 Å². The zero-order valence-electron chi connectivity index (χ0n) is 10.4. The molecular formula is C13H19BrO3. The highest BCUT2D eigenvalue weighted by molar-refractivity contribution is 9.08. The fourth-order valence-corrected chi connectivity index (χ4v) is 1.90. The summed E-state index contributed by atoms with van der Waals surface area (Å²) < 4.78 is 15.9. The predicted molar refractivity (Wildman–Crippen MR) is 72.2 cm³/mol. The maximum absolute atomic E-state index is 5.73. The first kappa shape index (κ1) is 14.3. The van der Waals surface area contributed by atoms with Crippen LogP contribution in [0.3, 0.4) is 0 Å². The van der Waals surface area contributed by atoms with Crippen molar-refractivity contribution in [1.82, 2.24) is 0 Å². The second-order valence-corrected chi connectivity index (χ2v) is 4.22. The Morgan fingerprint density at radius 1 is 1.12 bits per heavy atom. The van der Waals surface area contributed by atoms with Crippen LogP contribution >= 0.6 is 15.9 Å². The summed E-state index contributed by atoms with van der Waals surface area (Å²) in [5.41, 5.74) is 1.11. The normalized spacial score (nSPS) is 10.3. The summed E-state index contributed by atoms with van der Waals surface area (Å²) in [6.07, 6.45) is 2.03. The highest BCUT2D eigenvalue weighted by atomic mass is 79.9. The van der Waals surface area contributed by atoms with Gasteiger partial charge in [0.2, 0.25) is 0 Å². The Morgan fingerprint density at radius 2 is 1.88 bits per heavy atom. The molecule has 1 aromatic rings. The number of hydrogen-bond acceptors (Lipinski definition) is 3. The highest BCUT2D eigenvalue weighted by Gasteiger charge is 2.04. The minimum Gasteiger partial charge on any atom is -0.497 e. The van der Waals surface area contributed by atoms with E-state index in [-0.39, 0.29) is 0 Å². The van der Waals surface area contributed by atoms with Crippen molar-refractivity contribution in [3.63, 3.8) is 0 Å². The number of halogens is 1. The average molecular weight is 303 g/mol. The quantitative estimate of drug-likeness (QED) is 0.544. The van der Waals surface area contributed by atoms with Crippen LogP contribution in [0.1, 0.15) is 18.4 Å². The van der Waals surface area contributed by atoms with Crippen LogP contribution in [0.15, 0.2) is 18.2 Å². The van der Waals surface area contributed by atoms with Gasteiger partial charge < -0.3 is 14.2 Å². The minimum atomic E-state index is 0.718. The summed E-state index contributed by atoms with van der Waals surface area (Å²) in [6, 6.07) is 5.85. The zero-order valence-corrected chi connectivity index (χ0v) is 12.0. The summed E-state index contributed by atoms with van der Waals surface area (Å²) >= 11 is 3.45. The van der Waals surface area contributed by atoms with Crippen LogP contribution in [0, 0.1) is 0 Å². The van der Waals surface area contributed by atoms with Gasteiger partial charge in [-0.1, -0.05) is 15.9 Å². The van der Waals surface area contributed by atoms with Gasteiger partial charge in [-0.05, 0) is 31.0 Å². The first-order valence-corrected chi connectivity index (χ1v) is 6.78. The predicted octanol–water partition coefficient (Wildman–Crippen LogP) is 3.40. The van der Waals surface area contributed by atoms with E-state index in [0.29, 0.717) is 0 Å². The molecular weight excluding hydrogens is 284 g/mol. The van der Waals surface area contributed by atoms with Gasteiger partial charge in [-0.2, -0.15) is 0 Å². The Morgan fingerprint density at radius 3 is 2.53 bits per heavy atom. The molecule has 1 aromatic carbocycles. The highest BCUT2D eigenvalue weighted by Crippen LogP contribution is 2.26. The van der Waals surface area contributed by atoms with Crippen LogP contribution in [-0.2, 0) is 10.1 Å². The number of alkyl halides is 1. The van der Waals surface area contributed by atoms with Crippen LogP contribution in [-0.4, -0.2) is 27.4 Å². The topological polar surface area (TPSA) is 27.7 Å². The van der Waals surface area contributed by atoms with Gasteiger partial charge in [-0.15, -0.1) is 0 Å². The van der Waals surface area contributed by atoms with Crippen molar-refractivity contribution in [2.75, 3.05) is 27.4 Å². The number of rotatable bonds is 8. The molecule has 0 fully saturated rings. The van der Waals surface area contributed by atoms with Crippen molar-refractivity contribution in [3.8, 4) is 11.5 Å². The second kappa shape index (κ2) is 8.37. The van der Waals surface area contributed by atoms with Crippen LogP contribution < -0.4 is 9.47 Å². The van der Waals surface area contributed by atoms with E-state index >= 15 is 0 Å². The Labute approximate surface area is 111 Å². The molecule has 0 radical (unpaired) electrons. The molecule has 0 saturated carbocycles.